The predicted molar refractivity (Wildman–Crippen MR) is 98.1 cm³/mol. The van der Waals surface area contributed by atoms with Crippen LogP contribution in [0.1, 0.15) is 5.56 Å². The van der Waals surface area contributed by atoms with Crippen LogP contribution in [-0.4, -0.2) is 51.6 Å². The highest BCUT2D eigenvalue weighted by Crippen LogP contribution is 2.13. The van der Waals surface area contributed by atoms with Crippen molar-refractivity contribution in [2.24, 2.45) is 0 Å². The fourth-order valence-electron chi connectivity index (χ4n) is 2.89. The number of nitrogens with one attached hydrogen (secondary N) is 1. The SMILES string of the molecule is O=C([C@@H](Cc1ccccc1)NS(=O)(=O)c1ccccc1)N1CCOCC1. The maximum atomic E-state index is 13.0. The van der Waals surface area contributed by atoms with Crippen LogP contribution in [0.25, 0.3) is 0 Å². The van der Waals surface area contributed by atoms with Gasteiger partial charge in [-0.25, -0.2) is 8.42 Å². The van der Waals surface area contributed by atoms with E-state index in [1.807, 2.05) is 30.3 Å². The molecule has 1 heterocycles. The summed E-state index contributed by atoms with van der Waals surface area (Å²) >= 11 is 0. The van der Waals surface area contributed by atoms with Gasteiger partial charge in [0.25, 0.3) is 0 Å². The van der Waals surface area contributed by atoms with Crippen LogP contribution in [0.3, 0.4) is 0 Å². The van der Waals surface area contributed by atoms with Crippen LogP contribution in [0.2, 0.25) is 0 Å². The number of hydrogen-bond acceptors (Lipinski definition) is 4. The second-order valence-corrected chi connectivity index (χ2v) is 7.83. The molecule has 0 radical (unpaired) electrons. The first-order valence-corrected chi connectivity index (χ1v) is 10.0. The number of hydrogen-bond donors (Lipinski definition) is 1. The van der Waals surface area contributed by atoms with Crippen molar-refractivity contribution in [2.45, 2.75) is 17.4 Å². The third kappa shape index (κ3) is 4.69. The summed E-state index contributed by atoms with van der Waals surface area (Å²) in [6.07, 6.45) is 0.295. The second-order valence-electron chi connectivity index (χ2n) is 6.11. The largest absolute Gasteiger partial charge is 0.378 e. The van der Waals surface area contributed by atoms with Crippen molar-refractivity contribution in [1.29, 1.82) is 0 Å². The number of carbonyl (C=O) groups is 1. The molecule has 0 spiro atoms. The quantitative estimate of drug-likeness (QED) is 0.830. The molecule has 1 aliphatic rings. The molecule has 7 heteroatoms. The van der Waals surface area contributed by atoms with Crippen LogP contribution in [0, 0.1) is 0 Å². The number of amides is 1. The van der Waals surface area contributed by atoms with Crippen LogP contribution in [0.15, 0.2) is 65.6 Å². The van der Waals surface area contributed by atoms with Crippen LogP contribution >= 0.6 is 0 Å². The van der Waals surface area contributed by atoms with E-state index in [0.29, 0.717) is 32.7 Å². The number of ether oxygens (including phenoxy) is 1. The van der Waals surface area contributed by atoms with Gasteiger partial charge >= 0.3 is 0 Å². The van der Waals surface area contributed by atoms with Gasteiger partial charge in [-0.05, 0) is 24.1 Å². The summed E-state index contributed by atoms with van der Waals surface area (Å²) in [5, 5.41) is 0. The lowest BCUT2D eigenvalue weighted by Gasteiger charge is -2.30. The third-order valence-corrected chi connectivity index (χ3v) is 5.74. The minimum atomic E-state index is -3.79. The van der Waals surface area contributed by atoms with E-state index in [1.54, 1.807) is 23.1 Å². The summed E-state index contributed by atoms with van der Waals surface area (Å²) in [6.45, 7) is 1.87. The number of carbonyl (C=O) groups excluding carboxylic acids is 1. The van der Waals surface area contributed by atoms with Gasteiger partial charge in [-0.3, -0.25) is 4.79 Å². The van der Waals surface area contributed by atoms with Crippen LogP contribution in [0.5, 0.6) is 0 Å². The molecule has 3 rings (SSSR count). The molecule has 2 aromatic carbocycles. The third-order valence-electron chi connectivity index (χ3n) is 4.25. The van der Waals surface area contributed by atoms with Crippen molar-refractivity contribution in [2.75, 3.05) is 26.3 Å². The van der Waals surface area contributed by atoms with Gasteiger partial charge < -0.3 is 9.64 Å². The highest BCUT2D eigenvalue weighted by molar-refractivity contribution is 7.89. The summed E-state index contributed by atoms with van der Waals surface area (Å²) in [5.74, 6) is -0.225. The normalized spacial score (nSPS) is 16.2. The van der Waals surface area contributed by atoms with E-state index >= 15 is 0 Å². The van der Waals surface area contributed by atoms with Crippen molar-refractivity contribution < 1.29 is 17.9 Å². The number of sulfonamides is 1. The second kappa shape index (κ2) is 8.44. The van der Waals surface area contributed by atoms with E-state index in [-0.39, 0.29) is 10.8 Å². The van der Waals surface area contributed by atoms with E-state index in [4.69, 9.17) is 4.74 Å². The molecule has 2 aromatic rings. The highest BCUT2D eigenvalue weighted by Gasteiger charge is 2.30. The Morgan fingerprint density at radius 1 is 1.00 bits per heavy atom. The Balaban J connectivity index is 1.83. The fraction of sp³-hybridized carbons (Fsp3) is 0.316. The molecule has 1 amide bonds. The number of morpholine rings is 1. The van der Waals surface area contributed by atoms with Crippen molar-refractivity contribution in [3.63, 3.8) is 0 Å². The maximum Gasteiger partial charge on any atom is 0.241 e. The minimum Gasteiger partial charge on any atom is -0.378 e. The molecule has 0 saturated carbocycles. The Morgan fingerprint density at radius 2 is 1.58 bits per heavy atom. The van der Waals surface area contributed by atoms with Gasteiger partial charge in [-0.2, -0.15) is 4.72 Å². The first-order chi connectivity index (χ1) is 12.6. The Kier molecular flexibility index (Phi) is 6.03. The molecule has 1 saturated heterocycles. The van der Waals surface area contributed by atoms with Gasteiger partial charge in [0.2, 0.25) is 15.9 Å². The first kappa shape index (κ1) is 18.6. The van der Waals surface area contributed by atoms with Gasteiger partial charge in [0, 0.05) is 13.1 Å². The topological polar surface area (TPSA) is 75.7 Å². The summed E-state index contributed by atoms with van der Waals surface area (Å²) in [6, 6.07) is 16.6. The molecule has 138 valence electrons. The van der Waals surface area contributed by atoms with E-state index in [9.17, 15) is 13.2 Å². The summed E-state index contributed by atoms with van der Waals surface area (Å²) in [4.78, 5) is 14.8. The van der Waals surface area contributed by atoms with Gasteiger partial charge in [0.1, 0.15) is 6.04 Å². The molecular formula is C19H22N2O4S. The van der Waals surface area contributed by atoms with Gasteiger partial charge in [-0.15, -0.1) is 0 Å². The lowest BCUT2D eigenvalue weighted by Crippen LogP contribution is -2.52. The lowest BCUT2D eigenvalue weighted by atomic mass is 10.1. The zero-order valence-corrected chi connectivity index (χ0v) is 15.2. The van der Waals surface area contributed by atoms with Crippen LogP contribution < -0.4 is 4.72 Å². The molecule has 1 aliphatic heterocycles. The maximum absolute atomic E-state index is 13.0. The smallest absolute Gasteiger partial charge is 0.241 e. The number of nitrogens with zero attached hydrogens (tertiary/aromatic N) is 1. The van der Waals surface area contributed by atoms with E-state index < -0.39 is 16.1 Å². The van der Waals surface area contributed by atoms with E-state index in [0.717, 1.165) is 5.56 Å². The van der Waals surface area contributed by atoms with Crippen molar-refractivity contribution in [3.8, 4) is 0 Å². The Morgan fingerprint density at radius 3 is 2.19 bits per heavy atom. The Bertz CT molecular complexity index is 819. The monoisotopic (exact) mass is 374 g/mol. The van der Waals surface area contributed by atoms with Crippen molar-refractivity contribution in [1.82, 2.24) is 9.62 Å². The first-order valence-electron chi connectivity index (χ1n) is 8.54. The predicted octanol–water partition coefficient (Wildman–Crippen LogP) is 1.44. The zero-order chi connectivity index (χ0) is 18.4. The summed E-state index contributed by atoms with van der Waals surface area (Å²) in [7, 11) is -3.79. The molecule has 26 heavy (non-hydrogen) atoms. The van der Waals surface area contributed by atoms with Crippen molar-refractivity contribution >= 4 is 15.9 Å². The Labute approximate surface area is 153 Å². The molecular weight excluding hydrogens is 352 g/mol. The average Bonchev–Trinajstić information content (AvgIpc) is 2.69. The summed E-state index contributed by atoms with van der Waals surface area (Å²) in [5.41, 5.74) is 0.898. The molecule has 6 nitrogen and oxygen atoms in total. The number of benzene rings is 2. The summed E-state index contributed by atoms with van der Waals surface area (Å²) < 4.78 is 33.3. The molecule has 0 unspecified atom stereocenters. The van der Waals surface area contributed by atoms with Gasteiger partial charge in [-0.1, -0.05) is 48.5 Å². The molecule has 1 fully saturated rings. The molecule has 1 atom stereocenters. The fourth-order valence-corrected chi connectivity index (χ4v) is 4.10. The molecule has 0 aromatic heterocycles. The van der Waals surface area contributed by atoms with Gasteiger partial charge in [0.05, 0.1) is 18.1 Å². The lowest BCUT2D eigenvalue weighted by molar-refractivity contribution is -0.137. The highest BCUT2D eigenvalue weighted by atomic mass is 32.2. The average molecular weight is 374 g/mol. The van der Waals surface area contributed by atoms with E-state index in [1.165, 1.54) is 12.1 Å². The van der Waals surface area contributed by atoms with Crippen LogP contribution in [-0.2, 0) is 26.0 Å². The van der Waals surface area contributed by atoms with Crippen LogP contribution in [0.4, 0.5) is 0 Å². The Hall–Kier alpha value is -2.22. The zero-order valence-electron chi connectivity index (χ0n) is 14.4. The molecule has 1 N–H and O–H groups in total. The van der Waals surface area contributed by atoms with E-state index in [2.05, 4.69) is 4.72 Å². The minimum absolute atomic E-state index is 0.146. The molecule has 0 bridgehead atoms. The molecule has 0 aliphatic carbocycles. The number of rotatable bonds is 6. The van der Waals surface area contributed by atoms with Gasteiger partial charge in [0.15, 0.2) is 0 Å². The van der Waals surface area contributed by atoms with Crippen molar-refractivity contribution in [3.05, 3.63) is 66.2 Å². The standard InChI is InChI=1S/C19H22N2O4S/c22-19(21-11-13-25-14-12-21)18(15-16-7-3-1-4-8-16)20-26(23,24)17-9-5-2-6-10-17/h1-10,18,20H,11-15H2/t18-/m1/s1.